The molecule has 21 heavy (non-hydrogen) atoms. The number of aryl methyl sites for hydroxylation is 1. The van der Waals surface area contributed by atoms with Gasteiger partial charge in [0.15, 0.2) is 0 Å². The molecular weight excluding hydrogens is 283 g/mol. The summed E-state index contributed by atoms with van der Waals surface area (Å²) < 4.78 is 37.0. The van der Waals surface area contributed by atoms with Crippen LogP contribution in [0.4, 0.5) is 13.2 Å². The van der Waals surface area contributed by atoms with E-state index in [9.17, 15) is 18.0 Å². The average Bonchev–Trinajstić information content (AvgIpc) is 2.36. The summed E-state index contributed by atoms with van der Waals surface area (Å²) in [6, 6.07) is 4.75. The number of alkyl halides is 3. The van der Waals surface area contributed by atoms with Crippen LogP contribution in [0.5, 0.6) is 0 Å². The van der Waals surface area contributed by atoms with Crippen molar-refractivity contribution in [2.24, 2.45) is 0 Å². The Morgan fingerprint density at radius 3 is 2.62 bits per heavy atom. The highest BCUT2D eigenvalue weighted by molar-refractivity contribution is 5.96. The van der Waals surface area contributed by atoms with E-state index in [1.54, 1.807) is 19.1 Å². The number of aliphatic hydroxyl groups excluding tert-OH is 1. The number of nitrogens with zero attached hydrogens (tertiary/aromatic N) is 1. The van der Waals surface area contributed by atoms with Crippen molar-refractivity contribution in [3.8, 4) is 11.8 Å². The number of hydrogen-bond donors (Lipinski definition) is 1. The van der Waals surface area contributed by atoms with Gasteiger partial charge in [0.25, 0.3) is 5.91 Å². The number of carbonyl (C=O) groups is 1. The molecule has 1 aromatic carbocycles. The summed E-state index contributed by atoms with van der Waals surface area (Å²) in [6.45, 7) is 0.365. The van der Waals surface area contributed by atoms with Gasteiger partial charge in [-0.3, -0.25) is 4.79 Å². The quantitative estimate of drug-likeness (QED) is 0.871. The molecule has 0 spiro atoms. The van der Waals surface area contributed by atoms with E-state index in [0.717, 1.165) is 12.6 Å². The molecule has 0 aromatic heterocycles. The Kier molecular flexibility index (Phi) is 5.79. The molecule has 0 aliphatic heterocycles. The SMILES string of the molecule is Cc1ccc(C(=O)N(C)CC(F)(F)F)c(C#CCCO)c1. The van der Waals surface area contributed by atoms with Gasteiger partial charge in [0.2, 0.25) is 0 Å². The Morgan fingerprint density at radius 2 is 2.05 bits per heavy atom. The van der Waals surface area contributed by atoms with Crippen molar-refractivity contribution < 1.29 is 23.1 Å². The molecular formula is C15H16F3NO2. The first kappa shape index (κ1) is 17.1. The Labute approximate surface area is 121 Å². The van der Waals surface area contributed by atoms with E-state index in [4.69, 9.17) is 5.11 Å². The summed E-state index contributed by atoms with van der Waals surface area (Å²) in [5.41, 5.74) is 1.33. The number of carbonyl (C=O) groups excluding carboxylic acids is 1. The Balaban J connectivity index is 3.07. The van der Waals surface area contributed by atoms with Crippen LogP contribution in [0.1, 0.15) is 27.9 Å². The Bertz CT molecular complexity index is 571. The molecule has 114 valence electrons. The molecule has 1 N–H and O–H groups in total. The van der Waals surface area contributed by atoms with Crippen LogP contribution in [0.2, 0.25) is 0 Å². The molecule has 0 radical (unpaired) electrons. The summed E-state index contributed by atoms with van der Waals surface area (Å²) in [5.74, 6) is 4.65. The summed E-state index contributed by atoms with van der Waals surface area (Å²) in [6.07, 6.45) is -4.21. The predicted octanol–water partition coefficient (Wildman–Crippen LogP) is 2.36. The van der Waals surface area contributed by atoms with Gasteiger partial charge in [-0.05, 0) is 24.6 Å². The van der Waals surface area contributed by atoms with Crippen LogP contribution >= 0.6 is 0 Å². The van der Waals surface area contributed by atoms with Crippen molar-refractivity contribution in [1.82, 2.24) is 4.90 Å². The number of rotatable bonds is 3. The van der Waals surface area contributed by atoms with Gasteiger partial charge >= 0.3 is 6.18 Å². The fraction of sp³-hybridized carbons (Fsp3) is 0.400. The number of benzene rings is 1. The lowest BCUT2D eigenvalue weighted by Crippen LogP contribution is -2.36. The lowest BCUT2D eigenvalue weighted by atomic mass is 10.0. The second-order valence-electron chi connectivity index (χ2n) is 4.60. The molecule has 0 fully saturated rings. The standard InChI is InChI=1S/C15H16F3NO2/c1-11-6-7-13(12(9-11)5-3-4-8-20)14(21)19(2)10-15(16,17)18/h6-7,9,20H,4,8,10H2,1-2H3. The summed E-state index contributed by atoms with van der Waals surface area (Å²) in [5, 5.41) is 8.69. The first-order valence-electron chi connectivity index (χ1n) is 6.27. The number of hydrogen-bond acceptors (Lipinski definition) is 2. The minimum absolute atomic E-state index is 0.115. The van der Waals surface area contributed by atoms with Crippen molar-refractivity contribution in [3.05, 3.63) is 34.9 Å². The molecule has 1 aromatic rings. The number of halogens is 3. The van der Waals surface area contributed by atoms with Crippen molar-refractivity contribution in [2.75, 3.05) is 20.2 Å². The average molecular weight is 299 g/mol. The van der Waals surface area contributed by atoms with E-state index in [0.29, 0.717) is 10.5 Å². The zero-order chi connectivity index (χ0) is 16.0. The van der Waals surface area contributed by atoms with E-state index in [2.05, 4.69) is 11.8 Å². The first-order chi connectivity index (χ1) is 9.74. The minimum Gasteiger partial charge on any atom is -0.395 e. The normalized spacial score (nSPS) is 10.8. The van der Waals surface area contributed by atoms with Crippen LogP contribution in [0.3, 0.4) is 0 Å². The van der Waals surface area contributed by atoms with Gasteiger partial charge in [-0.1, -0.05) is 17.9 Å². The molecule has 1 rings (SSSR count). The zero-order valence-electron chi connectivity index (χ0n) is 11.8. The van der Waals surface area contributed by atoms with Crippen LogP contribution < -0.4 is 0 Å². The van der Waals surface area contributed by atoms with Crippen LogP contribution in [-0.4, -0.2) is 42.3 Å². The zero-order valence-corrected chi connectivity index (χ0v) is 11.8. The second kappa shape index (κ2) is 7.14. The van der Waals surface area contributed by atoms with Crippen LogP contribution in [0, 0.1) is 18.8 Å². The highest BCUT2D eigenvalue weighted by Crippen LogP contribution is 2.18. The third-order valence-electron chi connectivity index (χ3n) is 2.63. The van der Waals surface area contributed by atoms with E-state index < -0.39 is 18.6 Å². The first-order valence-corrected chi connectivity index (χ1v) is 6.27. The smallest absolute Gasteiger partial charge is 0.395 e. The lowest BCUT2D eigenvalue weighted by molar-refractivity contribution is -0.138. The van der Waals surface area contributed by atoms with E-state index in [1.165, 1.54) is 6.07 Å². The molecule has 0 heterocycles. The topological polar surface area (TPSA) is 40.5 Å². The summed E-state index contributed by atoms with van der Waals surface area (Å²) in [4.78, 5) is 12.7. The minimum atomic E-state index is -4.45. The van der Waals surface area contributed by atoms with Crippen molar-refractivity contribution >= 4 is 5.91 Å². The third-order valence-corrected chi connectivity index (χ3v) is 2.63. The van der Waals surface area contributed by atoms with Crippen molar-refractivity contribution in [3.63, 3.8) is 0 Å². The van der Waals surface area contributed by atoms with E-state index >= 15 is 0 Å². The maximum atomic E-state index is 12.3. The maximum absolute atomic E-state index is 12.3. The molecule has 1 amide bonds. The van der Waals surface area contributed by atoms with Gasteiger partial charge in [0, 0.05) is 19.0 Å². The molecule has 6 heteroatoms. The molecule has 0 bridgehead atoms. The van der Waals surface area contributed by atoms with Crippen molar-refractivity contribution in [2.45, 2.75) is 19.5 Å². The lowest BCUT2D eigenvalue weighted by Gasteiger charge is -2.19. The maximum Gasteiger partial charge on any atom is 0.406 e. The molecule has 0 saturated carbocycles. The van der Waals surface area contributed by atoms with Crippen LogP contribution in [-0.2, 0) is 0 Å². The fourth-order valence-electron chi connectivity index (χ4n) is 1.71. The van der Waals surface area contributed by atoms with E-state index in [1.807, 2.05) is 0 Å². The van der Waals surface area contributed by atoms with Gasteiger partial charge in [-0.15, -0.1) is 0 Å². The van der Waals surface area contributed by atoms with Gasteiger partial charge in [-0.25, -0.2) is 0 Å². The molecule has 0 unspecified atom stereocenters. The number of amides is 1. The Hall–Kier alpha value is -2.00. The predicted molar refractivity (Wildman–Crippen MR) is 72.8 cm³/mol. The summed E-state index contributed by atoms with van der Waals surface area (Å²) in [7, 11) is 1.10. The summed E-state index contributed by atoms with van der Waals surface area (Å²) >= 11 is 0. The van der Waals surface area contributed by atoms with Crippen LogP contribution in [0.15, 0.2) is 18.2 Å². The molecule has 0 atom stereocenters. The molecule has 3 nitrogen and oxygen atoms in total. The highest BCUT2D eigenvalue weighted by Gasteiger charge is 2.31. The van der Waals surface area contributed by atoms with Gasteiger partial charge in [0.05, 0.1) is 12.2 Å². The highest BCUT2D eigenvalue weighted by atomic mass is 19.4. The fourth-order valence-corrected chi connectivity index (χ4v) is 1.71. The van der Waals surface area contributed by atoms with Gasteiger partial charge < -0.3 is 10.0 Å². The van der Waals surface area contributed by atoms with E-state index in [-0.39, 0.29) is 18.6 Å². The van der Waals surface area contributed by atoms with Crippen molar-refractivity contribution in [1.29, 1.82) is 0 Å². The largest absolute Gasteiger partial charge is 0.406 e. The van der Waals surface area contributed by atoms with Crippen LogP contribution in [0.25, 0.3) is 0 Å². The second-order valence-corrected chi connectivity index (χ2v) is 4.60. The van der Waals surface area contributed by atoms with Gasteiger partial charge in [0.1, 0.15) is 6.54 Å². The number of aliphatic hydroxyl groups is 1. The third kappa shape index (κ3) is 5.48. The molecule has 0 aliphatic carbocycles. The molecule has 0 saturated heterocycles. The monoisotopic (exact) mass is 299 g/mol. The molecule has 0 aliphatic rings. The van der Waals surface area contributed by atoms with Gasteiger partial charge in [-0.2, -0.15) is 13.2 Å². The Morgan fingerprint density at radius 1 is 1.38 bits per heavy atom.